The molecule has 0 bridgehead atoms. The maximum Gasteiger partial charge on any atom is 0.315 e. The molecule has 1 amide bonds. The Morgan fingerprint density at radius 2 is 2.21 bits per heavy atom. The van der Waals surface area contributed by atoms with E-state index in [0.29, 0.717) is 24.6 Å². The first-order valence-electron chi connectivity index (χ1n) is 7.91. The number of amides is 1. The third-order valence-corrected chi connectivity index (χ3v) is 4.94. The molecule has 1 aromatic carbocycles. The number of carbonyl (C=O) groups is 1. The van der Waals surface area contributed by atoms with Crippen molar-refractivity contribution in [2.24, 2.45) is 4.99 Å². The van der Waals surface area contributed by atoms with Crippen molar-refractivity contribution >= 4 is 27.5 Å². The van der Waals surface area contributed by atoms with E-state index in [1.54, 1.807) is 12.1 Å². The third-order valence-electron chi connectivity index (χ3n) is 3.71. The van der Waals surface area contributed by atoms with E-state index in [0.717, 1.165) is 10.2 Å². The number of carbonyl (C=O) groups excluding carboxylic acids is 1. The van der Waals surface area contributed by atoms with Crippen LogP contribution in [0, 0.1) is 13.8 Å². The van der Waals surface area contributed by atoms with E-state index in [1.807, 2.05) is 6.92 Å². The van der Waals surface area contributed by atoms with Gasteiger partial charge in [-0.1, -0.05) is 17.4 Å². The number of aryl methyl sites for hydroxylation is 2. The second-order valence-electron chi connectivity index (χ2n) is 5.56. The van der Waals surface area contributed by atoms with Crippen LogP contribution in [0.3, 0.4) is 0 Å². The Balaban J connectivity index is 2.13. The number of rotatable bonds is 5. The van der Waals surface area contributed by atoms with Gasteiger partial charge in [-0.3, -0.25) is 4.79 Å². The fourth-order valence-corrected chi connectivity index (χ4v) is 3.76. The number of benzene rings is 1. The minimum absolute atomic E-state index is 0.247. The molecule has 0 fully saturated rings. The number of furan rings is 1. The highest BCUT2D eigenvalue weighted by Crippen LogP contribution is 2.23. The van der Waals surface area contributed by atoms with Crippen molar-refractivity contribution in [1.82, 2.24) is 4.57 Å². The highest BCUT2D eigenvalue weighted by atomic mass is 32.1. The molecule has 2 heterocycles. The van der Waals surface area contributed by atoms with Crippen molar-refractivity contribution in [2.75, 3.05) is 13.2 Å². The zero-order valence-electron chi connectivity index (χ0n) is 14.0. The molecule has 3 aromatic rings. The fourth-order valence-electron chi connectivity index (χ4n) is 2.66. The Morgan fingerprint density at radius 3 is 2.92 bits per heavy atom. The van der Waals surface area contributed by atoms with Crippen molar-refractivity contribution < 1.29 is 13.9 Å². The molecule has 24 heavy (non-hydrogen) atoms. The van der Waals surface area contributed by atoms with Crippen LogP contribution < -0.4 is 4.80 Å². The van der Waals surface area contributed by atoms with Gasteiger partial charge in [0.1, 0.15) is 0 Å². The summed E-state index contributed by atoms with van der Waals surface area (Å²) in [5, 5.41) is 0. The van der Waals surface area contributed by atoms with Gasteiger partial charge in [-0.05, 0) is 50.1 Å². The van der Waals surface area contributed by atoms with Gasteiger partial charge in [0, 0.05) is 13.2 Å². The molecule has 0 aliphatic carbocycles. The van der Waals surface area contributed by atoms with E-state index in [9.17, 15) is 4.79 Å². The number of ether oxygens (including phenoxy) is 1. The first kappa shape index (κ1) is 16.7. The molecule has 0 aliphatic heterocycles. The van der Waals surface area contributed by atoms with E-state index in [4.69, 9.17) is 9.15 Å². The molecule has 0 spiro atoms. The zero-order chi connectivity index (χ0) is 17.1. The summed E-state index contributed by atoms with van der Waals surface area (Å²) in [4.78, 5) is 17.2. The summed E-state index contributed by atoms with van der Waals surface area (Å²) >= 11 is 1.52. The first-order valence-corrected chi connectivity index (χ1v) is 8.72. The summed E-state index contributed by atoms with van der Waals surface area (Å²) < 4.78 is 13.8. The number of nitrogens with zero attached hydrogens (tertiary/aromatic N) is 2. The Hall–Kier alpha value is -2.18. The molecule has 0 radical (unpaired) electrons. The summed E-state index contributed by atoms with van der Waals surface area (Å²) in [6.07, 6.45) is 1.48. The number of hydrogen-bond acceptors (Lipinski definition) is 4. The third kappa shape index (κ3) is 3.34. The summed E-state index contributed by atoms with van der Waals surface area (Å²) in [6, 6.07) is 7.58. The van der Waals surface area contributed by atoms with Crippen molar-refractivity contribution in [3.05, 3.63) is 52.2 Å². The lowest BCUT2D eigenvalue weighted by molar-refractivity contribution is 0.0970. The number of aromatic nitrogens is 1. The van der Waals surface area contributed by atoms with Crippen LogP contribution in [0.5, 0.6) is 0 Å². The van der Waals surface area contributed by atoms with Crippen LogP contribution in [0.4, 0.5) is 0 Å². The Bertz CT molecular complexity index is 920. The summed E-state index contributed by atoms with van der Waals surface area (Å²) in [5.74, 6) is -0.122. The minimum atomic E-state index is -0.369. The van der Waals surface area contributed by atoms with Crippen molar-refractivity contribution in [3.63, 3.8) is 0 Å². The van der Waals surface area contributed by atoms with Gasteiger partial charge in [-0.15, -0.1) is 0 Å². The Morgan fingerprint density at radius 1 is 1.38 bits per heavy atom. The normalized spacial score (nSPS) is 12.2. The molecular weight excluding hydrogens is 324 g/mol. The van der Waals surface area contributed by atoms with Gasteiger partial charge in [0.05, 0.1) is 23.1 Å². The number of fused-ring (bicyclic) bond motifs is 1. The average molecular weight is 344 g/mol. The molecule has 6 heteroatoms. The second kappa shape index (κ2) is 7.15. The lowest BCUT2D eigenvalue weighted by Crippen LogP contribution is -2.19. The van der Waals surface area contributed by atoms with E-state index >= 15 is 0 Å². The fraction of sp³-hybridized carbons (Fsp3) is 0.333. The van der Waals surface area contributed by atoms with E-state index < -0.39 is 0 Å². The lowest BCUT2D eigenvalue weighted by Gasteiger charge is -2.06. The molecule has 0 atom stereocenters. The van der Waals surface area contributed by atoms with Gasteiger partial charge in [0.2, 0.25) is 0 Å². The predicted molar refractivity (Wildman–Crippen MR) is 94.4 cm³/mol. The molecule has 0 unspecified atom stereocenters. The highest BCUT2D eigenvalue weighted by molar-refractivity contribution is 7.16. The minimum Gasteiger partial charge on any atom is -0.459 e. The lowest BCUT2D eigenvalue weighted by atomic mass is 10.1. The van der Waals surface area contributed by atoms with Gasteiger partial charge in [0.25, 0.3) is 0 Å². The quantitative estimate of drug-likeness (QED) is 0.663. The molecule has 0 saturated carbocycles. The van der Waals surface area contributed by atoms with Gasteiger partial charge >= 0.3 is 5.91 Å². The molecule has 5 nitrogen and oxygen atoms in total. The van der Waals surface area contributed by atoms with Crippen LogP contribution in [0.15, 0.2) is 39.9 Å². The number of hydrogen-bond donors (Lipinski definition) is 0. The standard InChI is InChI=1S/C18H20N2O3S/c1-4-22-9-7-20-14-11-12(2)10-13(3)16(14)24-18(20)19-17(21)15-6-5-8-23-15/h5-6,8,10-11H,4,7,9H2,1-3H3. The van der Waals surface area contributed by atoms with E-state index in [1.165, 1.54) is 28.7 Å². The van der Waals surface area contributed by atoms with Crippen LogP contribution in [0.2, 0.25) is 0 Å². The molecule has 0 aliphatic rings. The van der Waals surface area contributed by atoms with Crippen LogP contribution in [-0.2, 0) is 11.3 Å². The summed E-state index contributed by atoms with van der Waals surface area (Å²) in [7, 11) is 0. The molecule has 2 aromatic heterocycles. The Labute approximate surface area is 144 Å². The SMILES string of the molecule is CCOCCn1c(=NC(=O)c2ccco2)sc2c(C)cc(C)cc21. The monoisotopic (exact) mass is 344 g/mol. The maximum absolute atomic E-state index is 12.3. The van der Waals surface area contributed by atoms with Crippen molar-refractivity contribution in [1.29, 1.82) is 0 Å². The molecule has 126 valence electrons. The van der Waals surface area contributed by atoms with Crippen LogP contribution >= 0.6 is 11.3 Å². The maximum atomic E-state index is 12.3. The smallest absolute Gasteiger partial charge is 0.315 e. The van der Waals surface area contributed by atoms with Crippen LogP contribution in [0.25, 0.3) is 10.2 Å². The predicted octanol–water partition coefficient (Wildman–Crippen LogP) is 3.69. The number of thiazole rings is 1. The first-order chi connectivity index (χ1) is 11.6. The molecule has 0 saturated heterocycles. The van der Waals surface area contributed by atoms with Gasteiger partial charge < -0.3 is 13.7 Å². The van der Waals surface area contributed by atoms with Gasteiger partial charge in [-0.25, -0.2) is 0 Å². The van der Waals surface area contributed by atoms with E-state index in [-0.39, 0.29) is 11.7 Å². The van der Waals surface area contributed by atoms with Crippen molar-refractivity contribution in [3.8, 4) is 0 Å². The van der Waals surface area contributed by atoms with Crippen molar-refractivity contribution in [2.45, 2.75) is 27.3 Å². The van der Waals surface area contributed by atoms with Gasteiger partial charge in [0.15, 0.2) is 10.6 Å². The zero-order valence-corrected chi connectivity index (χ0v) is 14.9. The molecular formula is C18H20N2O3S. The Kier molecular flexibility index (Phi) is 4.97. The van der Waals surface area contributed by atoms with Crippen LogP contribution in [0.1, 0.15) is 28.6 Å². The molecule has 0 N–H and O–H groups in total. The topological polar surface area (TPSA) is 56.7 Å². The summed E-state index contributed by atoms with van der Waals surface area (Å²) in [6.45, 7) is 8.02. The van der Waals surface area contributed by atoms with Crippen LogP contribution in [-0.4, -0.2) is 23.7 Å². The largest absolute Gasteiger partial charge is 0.459 e. The molecule has 3 rings (SSSR count). The van der Waals surface area contributed by atoms with Gasteiger partial charge in [-0.2, -0.15) is 4.99 Å². The van der Waals surface area contributed by atoms with E-state index in [2.05, 4.69) is 35.5 Å². The highest BCUT2D eigenvalue weighted by Gasteiger charge is 2.12. The average Bonchev–Trinajstić information content (AvgIpc) is 3.17. The second-order valence-corrected chi connectivity index (χ2v) is 6.54. The summed E-state index contributed by atoms with van der Waals surface area (Å²) in [5.41, 5.74) is 3.46.